The maximum absolute atomic E-state index is 13.9. The number of aliphatic hydroxyl groups excluding tert-OH is 2. The number of hydrogen-bond donors (Lipinski definition) is 5. The number of nitrogens with one attached hydrogen (secondary N) is 3. The molecule has 0 unspecified atom stereocenters. The van der Waals surface area contributed by atoms with Gasteiger partial charge in [-0.15, -0.1) is 0 Å². The molecule has 0 saturated heterocycles. The third-order valence-electron chi connectivity index (χ3n) is 7.47. The number of hydrogen-bond acceptors (Lipinski definition) is 7. The van der Waals surface area contributed by atoms with Crippen molar-refractivity contribution < 1.29 is 24.5 Å². The fourth-order valence-corrected chi connectivity index (χ4v) is 5.00. The van der Waals surface area contributed by atoms with Crippen molar-refractivity contribution in [2.45, 2.75) is 83.3 Å². The van der Waals surface area contributed by atoms with Crippen molar-refractivity contribution in [1.82, 2.24) is 20.9 Å². The Morgan fingerprint density at radius 3 is 2.23 bits per heavy atom. The summed E-state index contributed by atoms with van der Waals surface area (Å²) in [5.74, 6) is -0.665. The summed E-state index contributed by atoms with van der Waals surface area (Å²) >= 11 is 0. The maximum atomic E-state index is 13.9. The molecule has 4 atom stereocenters. The largest absolute Gasteiger partial charge is 0.375 e. The van der Waals surface area contributed by atoms with Gasteiger partial charge in [0.25, 0.3) is 0 Å². The van der Waals surface area contributed by atoms with Gasteiger partial charge in [-0.1, -0.05) is 78.9 Å². The molecule has 0 spiro atoms. The van der Waals surface area contributed by atoms with Gasteiger partial charge >= 0.3 is 0 Å². The number of benzene rings is 3. The average molecular weight is 605 g/mol. The van der Waals surface area contributed by atoms with Crippen LogP contribution < -0.4 is 16.0 Å². The highest BCUT2D eigenvalue weighted by atomic mass is 16.6. The maximum Gasteiger partial charge on any atom is 0.242 e. The van der Waals surface area contributed by atoms with Crippen LogP contribution in [-0.2, 0) is 27.2 Å². The van der Waals surface area contributed by atoms with Crippen LogP contribution in [0.2, 0.25) is 0 Å². The second-order valence-corrected chi connectivity index (χ2v) is 12.0. The lowest BCUT2D eigenvalue weighted by atomic mass is 9.98. The standard InChI is InChI=1S/C35H48N4O5/c1-24(2)44-34(43)38-35(3,4)20-12-17-31(40)39(6)30(23-26-18-19-27-15-10-11-16-28(27)21-26)33(42)37-29(32(41)36-5)22-25-13-8-7-9-14-25/h7-19,21,24,29-31,34,38,40,43H,20,22-23H2,1-6H3,(H,36,41)(H,37,42)/b17-12+/t29-,30-,31-,34-/m1/s1. The van der Waals surface area contributed by atoms with E-state index in [4.69, 9.17) is 4.74 Å². The van der Waals surface area contributed by atoms with Crippen LogP contribution >= 0.6 is 0 Å². The Labute approximate surface area is 261 Å². The minimum Gasteiger partial charge on any atom is -0.375 e. The molecule has 3 aromatic rings. The SMILES string of the molecule is CNC(=O)[C@@H](Cc1ccccc1)NC(=O)[C@@H](Cc1ccc2ccccc2c1)N(C)[C@H](O)/C=C/CC(C)(C)N[C@H](O)OC(C)C. The zero-order chi connectivity index (χ0) is 32.3. The van der Waals surface area contributed by atoms with Gasteiger partial charge in [0, 0.05) is 19.0 Å². The Morgan fingerprint density at radius 2 is 1.57 bits per heavy atom. The summed E-state index contributed by atoms with van der Waals surface area (Å²) in [5, 5.41) is 32.1. The van der Waals surface area contributed by atoms with Crippen LogP contribution in [0.3, 0.4) is 0 Å². The molecule has 0 saturated carbocycles. The number of carbonyl (C=O) groups excluding carboxylic acids is 2. The lowest BCUT2D eigenvalue weighted by Gasteiger charge is -2.32. The van der Waals surface area contributed by atoms with Crippen molar-refractivity contribution in [3.63, 3.8) is 0 Å². The number of likely N-dealkylation sites (N-methyl/N-ethyl adjacent to an activating group) is 2. The van der Waals surface area contributed by atoms with E-state index in [9.17, 15) is 19.8 Å². The van der Waals surface area contributed by atoms with Crippen LogP contribution in [0.1, 0.15) is 45.2 Å². The molecule has 0 aliphatic heterocycles. The van der Waals surface area contributed by atoms with E-state index in [2.05, 4.69) is 16.0 Å². The van der Waals surface area contributed by atoms with Gasteiger partial charge in [0.15, 0.2) is 0 Å². The van der Waals surface area contributed by atoms with Gasteiger partial charge < -0.3 is 25.6 Å². The first-order chi connectivity index (χ1) is 20.9. The highest BCUT2D eigenvalue weighted by Crippen LogP contribution is 2.19. The van der Waals surface area contributed by atoms with E-state index < -0.39 is 30.3 Å². The summed E-state index contributed by atoms with van der Waals surface area (Å²) in [5.41, 5.74) is 1.32. The molecule has 9 heteroatoms. The lowest BCUT2D eigenvalue weighted by molar-refractivity contribution is -0.155. The van der Waals surface area contributed by atoms with Crippen molar-refractivity contribution in [2.24, 2.45) is 0 Å². The average Bonchev–Trinajstić information content (AvgIpc) is 2.98. The summed E-state index contributed by atoms with van der Waals surface area (Å²) < 4.78 is 5.38. The predicted molar refractivity (Wildman–Crippen MR) is 175 cm³/mol. The fourth-order valence-electron chi connectivity index (χ4n) is 5.00. The zero-order valence-corrected chi connectivity index (χ0v) is 26.7. The monoisotopic (exact) mass is 604 g/mol. The van der Waals surface area contributed by atoms with Crippen molar-refractivity contribution in [2.75, 3.05) is 14.1 Å². The van der Waals surface area contributed by atoms with Gasteiger partial charge in [-0.05, 0) is 75.6 Å². The summed E-state index contributed by atoms with van der Waals surface area (Å²) in [7, 11) is 3.24. The molecular weight excluding hydrogens is 556 g/mol. The molecule has 0 aliphatic rings. The van der Waals surface area contributed by atoms with Gasteiger partial charge in [-0.3, -0.25) is 19.8 Å². The topological polar surface area (TPSA) is 123 Å². The molecular formula is C35H48N4O5. The smallest absolute Gasteiger partial charge is 0.242 e. The Kier molecular flexibility index (Phi) is 13.1. The quantitative estimate of drug-likeness (QED) is 0.125. The molecule has 0 radical (unpaired) electrons. The molecule has 5 N–H and O–H groups in total. The third-order valence-corrected chi connectivity index (χ3v) is 7.47. The van der Waals surface area contributed by atoms with Crippen molar-refractivity contribution >= 4 is 22.6 Å². The number of aliphatic hydroxyl groups is 2. The van der Waals surface area contributed by atoms with E-state index in [1.807, 2.05) is 107 Å². The van der Waals surface area contributed by atoms with E-state index in [-0.39, 0.29) is 17.9 Å². The summed E-state index contributed by atoms with van der Waals surface area (Å²) in [6.45, 7) is 7.52. The van der Waals surface area contributed by atoms with E-state index in [0.717, 1.165) is 21.9 Å². The number of fused-ring (bicyclic) bond motifs is 1. The van der Waals surface area contributed by atoms with Crippen LogP contribution in [0.15, 0.2) is 84.9 Å². The fraction of sp³-hybridized carbons (Fsp3) is 0.429. The number of rotatable bonds is 16. The van der Waals surface area contributed by atoms with Crippen LogP contribution in [-0.4, -0.2) is 77.4 Å². The van der Waals surface area contributed by atoms with E-state index in [1.54, 1.807) is 25.1 Å². The summed E-state index contributed by atoms with van der Waals surface area (Å²) in [6, 6.07) is 22.0. The molecule has 9 nitrogen and oxygen atoms in total. The minimum atomic E-state index is -1.12. The molecule has 0 bridgehead atoms. The minimum absolute atomic E-state index is 0.138. The summed E-state index contributed by atoms with van der Waals surface area (Å²) in [6.07, 6.45) is 2.21. The number of carbonyl (C=O) groups is 2. The Balaban J connectivity index is 1.81. The predicted octanol–water partition coefficient (Wildman–Crippen LogP) is 3.49. The Bertz CT molecular complexity index is 1380. The van der Waals surface area contributed by atoms with E-state index in [1.165, 1.54) is 0 Å². The van der Waals surface area contributed by atoms with Crippen molar-refractivity contribution in [3.8, 4) is 0 Å². The molecule has 0 aromatic heterocycles. The first-order valence-corrected chi connectivity index (χ1v) is 15.1. The normalized spacial score (nSPS) is 15.0. The Morgan fingerprint density at radius 1 is 0.909 bits per heavy atom. The van der Waals surface area contributed by atoms with Crippen LogP contribution in [0.25, 0.3) is 10.8 Å². The molecule has 0 heterocycles. The third kappa shape index (κ3) is 10.8. The highest BCUT2D eigenvalue weighted by molar-refractivity contribution is 5.90. The zero-order valence-electron chi connectivity index (χ0n) is 26.7. The van der Waals surface area contributed by atoms with Gasteiger partial charge in [0.2, 0.25) is 18.2 Å². The van der Waals surface area contributed by atoms with Crippen LogP contribution in [0, 0.1) is 0 Å². The molecule has 3 aromatic carbocycles. The first-order valence-electron chi connectivity index (χ1n) is 15.1. The second kappa shape index (κ2) is 16.5. The second-order valence-electron chi connectivity index (χ2n) is 12.0. The van der Waals surface area contributed by atoms with E-state index >= 15 is 0 Å². The molecule has 3 rings (SSSR count). The van der Waals surface area contributed by atoms with Gasteiger partial charge in [0.05, 0.1) is 12.1 Å². The highest BCUT2D eigenvalue weighted by Gasteiger charge is 2.31. The number of ether oxygens (including phenoxy) is 1. The van der Waals surface area contributed by atoms with E-state index in [0.29, 0.717) is 19.3 Å². The summed E-state index contributed by atoms with van der Waals surface area (Å²) in [4.78, 5) is 28.3. The lowest BCUT2D eigenvalue weighted by Crippen LogP contribution is -2.55. The van der Waals surface area contributed by atoms with Gasteiger partial charge in [-0.2, -0.15) is 0 Å². The van der Waals surface area contributed by atoms with Crippen LogP contribution in [0.5, 0.6) is 0 Å². The van der Waals surface area contributed by atoms with Crippen molar-refractivity contribution in [3.05, 3.63) is 96.1 Å². The molecule has 44 heavy (non-hydrogen) atoms. The molecule has 238 valence electrons. The molecule has 0 fully saturated rings. The first kappa shape index (κ1) is 34.9. The molecule has 0 aliphatic carbocycles. The Hall–Kier alpha value is -3.60. The van der Waals surface area contributed by atoms with Gasteiger partial charge in [-0.25, -0.2) is 0 Å². The number of nitrogens with zero attached hydrogens (tertiary/aromatic N) is 1. The van der Waals surface area contributed by atoms with Crippen LogP contribution in [0.4, 0.5) is 0 Å². The molecule has 2 amide bonds. The number of amides is 2. The van der Waals surface area contributed by atoms with Gasteiger partial charge in [0.1, 0.15) is 12.3 Å². The van der Waals surface area contributed by atoms with Crippen molar-refractivity contribution in [1.29, 1.82) is 0 Å².